The Balaban J connectivity index is 1.44. The van der Waals surface area contributed by atoms with E-state index in [0.29, 0.717) is 25.5 Å². The van der Waals surface area contributed by atoms with Crippen LogP contribution >= 0.6 is 0 Å². The zero-order chi connectivity index (χ0) is 18.8. The largest absolute Gasteiger partial charge is 0.490 e. The molecule has 5 rings (SSSR count). The number of hydrogen-bond acceptors (Lipinski definition) is 6. The van der Waals surface area contributed by atoms with Crippen LogP contribution in [0.4, 0.5) is 5.82 Å². The average molecular weight is 373 g/mol. The van der Waals surface area contributed by atoms with Crippen molar-refractivity contribution in [1.82, 2.24) is 19.6 Å². The molecule has 1 aliphatic heterocycles. The first-order valence-corrected chi connectivity index (χ1v) is 9.25. The average Bonchev–Trinajstić information content (AvgIpc) is 3.10. The number of anilines is 1. The molecule has 0 saturated heterocycles. The highest BCUT2D eigenvalue weighted by Gasteiger charge is 2.12. The first-order valence-electron chi connectivity index (χ1n) is 9.25. The van der Waals surface area contributed by atoms with Gasteiger partial charge in [0.1, 0.15) is 12.1 Å². The number of ether oxygens (including phenoxy) is 2. The third kappa shape index (κ3) is 3.22. The zero-order valence-electron chi connectivity index (χ0n) is 15.2. The number of hydrogen-bond donors (Lipinski definition) is 1. The summed E-state index contributed by atoms with van der Waals surface area (Å²) in [7, 11) is 0. The van der Waals surface area contributed by atoms with Gasteiger partial charge in [-0.1, -0.05) is 36.4 Å². The van der Waals surface area contributed by atoms with Gasteiger partial charge in [-0.15, -0.1) is 0 Å². The molecule has 3 heterocycles. The van der Waals surface area contributed by atoms with Gasteiger partial charge in [0.15, 0.2) is 11.5 Å². The Morgan fingerprint density at radius 3 is 2.71 bits per heavy atom. The second-order valence-corrected chi connectivity index (χ2v) is 6.55. The Morgan fingerprint density at radius 2 is 1.82 bits per heavy atom. The second-order valence-electron chi connectivity index (χ2n) is 6.55. The first kappa shape index (κ1) is 16.6. The van der Waals surface area contributed by atoms with Crippen LogP contribution in [0, 0.1) is 0 Å². The summed E-state index contributed by atoms with van der Waals surface area (Å²) in [5, 5.41) is 7.73. The highest BCUT2D eigenvalue weighted by Crippen LogP contribution is 2.30. The van der Waals surface area contributed by atoms with Crippen LogP contribution in [-0.2, 0) is 6.54 Å². The highest BCUT2D eigenvalue weighted by molar-refractivity contribution is 5.65. The molecule has 2 aromatic heterocycles. The summed E-state index contributed by atoms with van der Waals surface area (Å²) < 4.78 is 13.2. The summed E-state index contributed by atoms with van der Waals surface area (Å²) in [6.45, 7) is 1.98. The van der Waals surface area contributed by atoms with Crippen molar-refractivity contribution in [1.29, 1.82) is 0 Å². The van der Waals surface area contributed by atoms with Gasteiger partial charge in [0, 0.05) is 24.6 Å². The van der Waals surface area contributed by atoms with E-state index in [0.717, 1.165) is 40.6 Å². The van der Waals surface area contributed by atoms with E-state index in [4.69, 9.17) is 9.47 Å². The van der Waals surface area contributed by atoms with Gasteiger partial charge in [-0.3, -0.25) is 0 Å². The fourth-order valence-electron chi connectivity index (χ4n) is 3.21. The van der Waals surface area contributed by atoms with E-state index in [9.17, 15) is 0 Å². The van der Waals surface area contributed by atoms with Crippen molar-refractivity contribution in [3.8, 4) is 22.8 Å². The van der Waals surface area contributed by atoms with Gasteiger partial charge >= 0.3 is 0 Å². The van der Waals surface area contributed by atoms with Crippen molar-refractivity contribution in [2.75, 3.05) is 18.5 Å². The molecule has 1 N–H and O–H groups in total. The third-order valence-corrected chi connectivity index (χ3v) is 4.61. The lowest BCUT2D eigenvalue weighted by molar-refractivity contribution is 0.297. The number of nitrogens with zero attached hydrogens (tertiary/aromatic N) is 4. The van der Waals surface area contributed by atoms with E-state index >= 15 is 0 Å². The molecule has 7 nitrogen and oxygen atoms in total. The maximum absolute atomic E-state index is 5.79. The molecule has 0 saturated carbocycles. The van der Waals surface area contributed by atoms with Crippen molar-refractivity contribution in [2.24, 2.45) is 0 Å². The molecule has 7 heteroatoms. The standard InChI is InChI=1S/C21H19N5O2/c1-2-5-16(6-3-1)17-12-20(26-21(25-17)23-14-24-26)22-13-15-7-8-18-19(11-15)28-10-4-9-27-18/h1-3,5-8,11-12,14,22H,4,9-10,13H2. The zero-order valence-corrected chi connectivity index (χ0v) is 15.2. The molecule has 1 aliphatic rings. The van der Waals surface area contributed by atoms with Crippen LogP contribution in [0.3, 0.4) is 0 Å². The van der Waals surface area contributed by atoms with Crippen molar-refractivity contribution in [3.63, 3.8) is 0 Å². The van der Waals surface area contributed by atoms with Gasteiger partial charge in [-0.2, -0.15) is 14.6 Å². The van der Waals surface area contributed by atoms with Gasteiger partial charge < -0.3 is 14.8 Å². The van der Waals surface area contributed by atoms with E-state index in [1.54, 1.807) is 4.52 Å². The van der Waals surface area contributed by atoms with Crippen LogP contribution in [0.25, 0.3) is 17.0 Å². The van der Waals surface area contributed by atoms with Gasteiger partial charge in [-0.05, 0) is 17.7 Å². The van der Waals surface area contributed by atoms with Gasteiger partial charge in [-0.25, -0.2) is 4.98 Å². The predicted octanol–water partition coefficient (Wildman–Crippen LogP) is 3.56. The fourth-order valence-corrected chi connectivity index (χ4v) is 3.21. The molecule has 2 aromatic carbocycles. The van der Waals surface area contributed by atoms with Gasteiger partial charge in [0.25, 0.3) is 5.78 Å². The fraction of sp³-hybridized carbons (Fsp3) is 0.190. The quantitative estimate of drug-likeness (QED) is 0.590. The Labute approximate surface area is 162 Å². The van der Waals surface area contributed by atoms with E-state index in [1.807, 2.05) is 54.6 Å². The molecular weight excluding hydrogens is 354 g/mol. The van der Waals surface area contributed by atoms with E-state index < -0.39 is 0 Å². The number of rotatable bonds is 4. The number of aromatic nitrogens is 4. The molecule has 28 heavy (non-hydrogen) atoms. The van der Waals surface area contributed by atoms with Crippen LogP contribution in [0.15, 0.2) is 60.9 Å². The van der Waals surface area contributed by atoms with E-state index in [2.05, 4.69) is 20.4 Å². The molecule has 0 unspecified atom stereocenters. The summed E-state index contributed by atoms with van der Waals surface area (Å²) in [5.74, 6) is 2.98. The van der Waals surface area contributed by atoms with Crippen LogP contribution in [0.2, 0.25) is 0 Å². The minimum atomic E-state index is 0.558. The molecule has 0 aliphatic carbocycles. The lowest BCUT2D eigenvalue weighted by atomic mass is 10.1. The maximum atomic E-state index is 5.79. The van der Waals surface area contributed by atoms with Crippen molar-refractivity contribution in [2.45, 2.75) is 13.0 Å². The Kier molecular flexibility index (Phi) is 4.25. The molecule has 0 atom stereocenters. The van der Waals surface area contributed by atoms with Crippen LogP contribution in [0.1, 0.15) is 12.0 Å². The molecule has 0 spiro atoms. The number of benzene rings is 2. The Hall–Kier alpha value is -3.61. The minimum Gasteiger partial charge on any atom is -0.490 e. The van der Waals surface area contributed by atoms with Crippen LogP contribution in [-0.4, -0.2) is 32.8 Å². The summed E-state index contributed by atoms with van der Waals surface area (Å²) in [6, 6.07) is 18.0. The smallest absolute Gasteiger partial charge is 0.254 e. The van der Waals surface area contributed by atoms with E-state index in [1.165, 1.54) is 6.33 Å². The molecule has 0 bridgehead atoms. The lowest BCUT2D eigenvalue weighted by Crippen LogP contribution is -2.07. The first-order chi connectivity index (χ1) is 13.9. The van der Waals surface area contributed by atoms with Crippen LogP contribution in [0.5, 0.6) is 11.5 Å². The van der Waals surface area contributed by atoms with Gasteiger partial charge in [0.05, 0.1) is 18.9 Å². The van der Waals surface area contributed by atoms with E-state index in [-0.39, 0.29) is 0 Å². The molecule has 140 valence electrons. The van der Waals surface area contributed by atoms with Crippen molar-refractivity contribution < 1.29 is 9.47 Å². The Bertz CT molecular complexity index is 1110. The summed E-state index contributed by atoms with van der Waals surface area (Å²) in [6.07, 6.45) is 2.40. The molecule has 0 fully saturated rings. The number of nitrogens with one attached hydrogen (secondary N) is 1. The third-order valence-electron chi connectivity index (χ3n) is 4.61. The minimum absolute atomic E-state index is 0.558. The molecule has 0 amide bonds. The lowest BCUT2D eigenvalue weighted by Gasteiger charge is -2.12. The highest BCUT2D eigenvalue weighted by atomic mass is 16.5. The topological polar surface area (TPSA) is 73.6 Å². The summed E-state index contributed by atoms with van der Waals surface area (Å²) in [4.78, 5) is 8.85. The predicted molar refractivity (Wildman–Crippen MR) is 106 cm³/mol. The summed E-state index contributed by atoms with van der Waals surface area (Å²) >= 11 is 0. The summed E-state index contributed by atoms with van der Waals surface area (Å²) in [5.41, 5.74) is 2.98. The SMILES string of the molecule is c1ccc(-c2cc(NCc3ccc4c(c3)OCCCO4)n3ncnc3n2)cc1. The van der Waals surface area contributed by atoms with Gasteiger partial charge in [0.2, 0.25) is 0 Å². The van der Waals surface area contributed by atoms with Crippen molar-refractivity contribution >= 4 is 11.6 Å². The normalized spacial score (nSPS) is 13.3. The monoisotopic (exact) mass is 373 g/mol. The molecule has 4 aromatic rings. The Morgan fingerprint density at radius 1 is 0.964 bits per heavy atom. The van der Waals surface area contributed by atoms with Crippen LogP contribution < -0.4 is 14.8 Å². The molecule has 0 radical (unpaired) electrons. The molecular formula is C21H19N5O2. The van der Waals surface area contributed by atoms with Crippen molar-refractivity contribution in [3.05, 3.63) is 66.5 Å². The number of fused-ring (bicyclic) bond motifs is 2. The maximum Gasteiger partial charge on any atom is 0.254 e. The second kappa shape index (κ2) is 7.19.